The molecule has 1 aliphatic carbocycles. The minimum absolute atomic E-state index is 0.0441. The lowest BCUT2D eigenvalue weighted by molar-refractivity contribution is 0.240. The number of anilines is 1. The molecule has 0 aromatic carbocycles. The fourth-order valence-corrected chi connectivity index (χ4v) is 3.16. The van der Waals surface area contributed by atoms with Crippen molar-refractivity contribution in [3.8, 4) is 0 Å². The summed E-state index contributed by atoms with van der Waals surface area (Å²) in [4.78, 5) is 16.3. The molecule has 0 unspecified atom stereocenters. The minimum Gasteiger partial charge on any atom is -0.361 e. The third-order valence-electron chi connectivity index (χ3n) is 4.79. The van der Waals surface area contributed by atoms with Crippen molar-refractivity contribution < 1.29 is 4.52 Å². The number of aryl methyl sites for hydroxylation is 1. The Bertz CT molecular complexity index is 756. The fraction of sp³-hybridized carbons (Fsp3) is 0.588. The van der Waals surface area contributed by atoms with Crippen molar-refractivity contribution in [3.63, 3.8) is 0 Å². The molecule has 2 aromatic heterocycles. The van der Waals surface area contributed by atoms with E-state index in [0.717, 1.165) is 50.0 Å². The molecule has 2 fully saturated rings. The lowest BCUT2D eigenvalue weighted by atomic mass is 10.2. The van der Waals surface area contributed by atoms with Crippen LogP contribution in [0.3, 0.4) is 0 Å². The van der Waals surface area contributed by atoms with Gasteiger partial charge < -0.3 is 9.42 Å². The third-order valence-corrected chi connectivity index (χ3v) is 4.79. The molecule has 0 bridgehead atoms. The van der Waals surface area contributed by atoms with Crippen molar-refractivity contribution in [3.05, 3.63) is 40.0 Å². The molecule has 2 aliphatic rings. The summed E-state index contributed by atoms with van der Waals surface area (Å²) < 4.78 is 6.94. The standard InChI is InChI=1S/C17H23N5O2/c1-2-22-17(23)6-5-16(18-22)21-9-7-20(8-10-21)12-14-11-15(24-19-14)13-3-4-13/h5-6,11,13H,2-4,7-10,12H2,1H3. The van der Waals surface area contributed by atoms with Gasteiger partial charge in [-0.3, -0.25) is 9.69 Å². The van der Waals surface area contributed by atoms with Crippen molar-refractivity contribution in [1.82, 2.24) is 19.8 Å². The molecule has 0 radical (unpaired) electrons. The molecule has 0 atom stereocenters. The molecule has 7 nitrogen and oxygen atoms in total. The number of piperazine rings is 1. The number of rotatable bonds is 5. The Balaban J connectivity index is 1.35. The average Bonchev–Trinajstić information content (AvgIpc) is 3.36. The van der Waals surface area contributed by atoms with Gasteiger partial charge in [0.05, 0.1) is 5.69 Å². The van der Waals surface area contributed by atoms with Crippen LogP contribution in [0.15, 0.2) is 27.5 Å². The second-order valence-corrected chi connectivity index (χ2v) is 6.60. The Kier molecular flexibility index (Phi) is 4.10. The normalized spacial score (nSPS) is 19.0. The highest BCUT2D eigenvalue weighted by atomic mass is 16.5. The van der Waals surface area contributed by atoms with E-state index < -0.39 is 0 Å². The lowest BCUT2D eigenvalue weighted by Gasteiger charge is -2.34. The number of aromatic nitrogens is 3. The zero-order chi connectivity index (χ0) is 16.5. The highest BCUT2D eigenvalue weighted by Gasteiger charge is 2.28. The van der Waals surface area contributed by atoms with Crippen LogP contribution in [0.2, 0.25) is 0 Å². The van der Waals surface area contributed by atoms with Crippen molar-refractivity contribution in [2.24, 2.45) is 0 Å². The third kappa shape index (κ3) is 3.21. The SMILES string of the molecule is CCn1nc(N2CCN(Cc3cc(C4CC4)on3)CC2)ccc1=O. The first kappa shape index (κ1) is 15.4. The van der Waals surface area contributed by atoms with E-state index in [2.05, 4.69) is 26.1 Å². The second kappa shape index (κ2) is 6.39. The molecule has 1 saturated heterocycles. The van der Waals surface area contributed by atoms with Crippen LogP contribution >= 0.6 is 0 Å². The van der Waals surface area contributed by atoms with Gasteiger partial charge in [-0.15, -0.1) is 0 Å². The van der Waals surface area contributed by atoms with Crippen LogP contribution in [0.25, 0.3) is 0 Å². The maximum Gasteiger partial charge on any atom is 0.266 e. The predicted octanol–water partition coefficient (Wildman–Crippen LogP) is 1.45. The van der Waals surface area contributed by atoms with Crippen LogP contribution in [0.5, 0.6) is 0 Å². The molecule has 1 aliphatic heterocycles. The summed E-state index contributed by atoms with van der Waals surface area (Å²) in [6, 6.07) is 5.54. The van der Waals surface area contributed by atoms with E-state index in [1.54, 1.807) is 6.07 Å². The molecular weight excluding hydrogens is 306 g/mol. The van der Waals surface area contributed by atoms with Gasteiger partial charge in [0.15, 0.2) is 0 Å². The summed E-state index contributed by atoms with van der Waals surface area (Å²) in [5.74, 6) is 2.55. The zero-order valence-corrected chi connectivity index (χ0v) is 14.0. The Hall–Kier alpha value is -2.15. The molecule has 128 valence electrons. The molecule has 1 saturated carbocycles. The van der Waals surface area contributed by atoms with Crippen molar-refractivity contribution >= 4 is 5.82 Å². The van der Waals surface area contributed by atoms with Crippen LogP contribution in [0.1, 0.15) is 37.1 Å². The maximum atomic E-state index is 11.7. The first-order valence-electron chi connectivity index (χ1n) is 8.74. The van der Waals surface area contributed by atoms with Gasteiger partial charge in [0.2, 0.25) is 0 Å². The van der Waals surface area contributed by atoms with Crippen LogP contribution < -0.4 is 10.5 Å². The second-order valence-electron chi connectivity index (χ2n) is 6.60. The zero-order valence-electron chi connectivity index (χ0n) is 14.0. The number of hydrogen-bond acceptors (Lipinski definition) is 6. The maximum absolute atomic E-state index is 11.7. The monoisotopic (exact) mass is 329 g/mol. The van der Waals surface area contributed by atoms with E-state index in [9.17, 15) is 4.79 Å². The molecule has 0 amide bonds. The minimum atomic E-state index is -0.0441. The highest BCUT2D eigenvalue weighted by Crippen LogP contribution is 2.40. The Morgan fingerprint density at radius 3 is 2.71 bits per heavy atom. The van der Waals surface area contributed by atoms with Gasteiger partial charge in [-0.05, 0) is 25.8 Å². The van der Waals surface area contributed by atoms with E-state index in [1.165, 1.54) is 17.5 Å². The van der Waals surface area contributed by atoms with Crippen molar-refractivity contribution in [1.29, 1.82) is 0 Å². The summed E-state index contributed by atoms with van der Waals surface area (Å²) in [6.07, 6.45) is 2.47. The molecule has 0 N–H and O–H groups in total. The van der Waals surface area contributed by atoms with Gasteiger partial charge in [-0.2, -0.15) is 5.10 Å². The molecule has 4 rings (SSSR count). The van der Waals surface area contributed by atoms with Gasteiger partial charge in [0.25, 0.3) is 5.56 Å². The van der Waals surface area contributed by atoms with Gasteiger partial charge >= 0.3 is 0 Å². The van der Waals surface area contributed by atoms with Crippen molar-refractivity contribution in [2.75, 3.05) is 31.1 Å². The van der Waals surface area contributed by atoms with Crippen LogP contribution in [-0.4, -0.2) is 46.0 Å². The highest BCUT2D eigenvalue weighted by molar-refractivity contribution is 5.37. The lowest BCUT2D eigenvalue weighted by Crippen LogP contribution is -2.46. The Labute approximate surface area is 140 Å². The molecular formula is C17H23N5O2. The van der Waals surface area contributed by atoms with Gasteiger partial charge in [-0.1, -0.05) is 5.16 Å². The smallest absolute Gasteiger partial charge is 0.266 e. The average molecular weight is 329 g/mol. The van der Waals surface area contributed by atoms with E-state index in [1.807, 2.05) is 13.0 Å². The van der Waals surface area contributed by atoms with E-state index in [4.69, 9.17) is 4.52 Å². The summed E-state index contributed by atoms with van der Waals surface area (Å²) in [7, 11) is 0. The topological polar surface area (TPSA) is 67.4 Å². The van der Waals surface area contributed by atoms with E-state index in [0.29, 0.717) is 12.5 Å². The summed E-state index contributed by atoms with van der Waals surface area (Å²) in [5, 5.41) is 8.64. The van der Waals surface area contributed by atoms with Crippen LogP contribution in [0.4, 0.5) is 5.82 Å². The molecule has 3 heterocycles. The van der Waals surface area contributed by atoms with Crippen LogP contribution in [-0.2, 0) is 13.1 Å². The van der Waals surface area contributed by atoms with Gasteiger partial charge in [0.1, 0.15) is 11.6 Å². The van der Waals surface area contributed by atoms with Gasteiger partial charge in [-0.25, -0.2) is 4.68 Å². The number of hydrogen-bond donors (Lipinski definition) is 0. The van der Waals surface area contributed by atoms with E-state index >= 15 is 0 Å². The first-order chi connectivity index (χ1) is 11.7. The summed E-state index contributed by atoms with van der Waals surface area (Å²) in [5.41, 5.74) is 0.986. The van der Waals surface area contributed by atoms with E-state index in [-0.39, 0.29) is 5.56 Å². The quantitative estimate of drug-likeness (QED) is 0.827. The molecule has 24 heavy (non-hydrogen) atoms. The fourth-order valence-electron chi connectivity index (χ4n) is 3.16. The first-order valence-corrected chi connectivity index (χ1v) is 8.74. The largest absolute Gasteiger partial charge is 0.361 e. The molecule has 0 spiro atoms. The van der Waals surface area contributed by atoms with Crippen LogP contribution in [0, 0.1) is 0 Å². The Morgan fingerprint density at radius 1 is 1.21 bits per heavy atom. The summed E-state index contributed by atoms with van der Waals surface area (Å²) >= 11 is 0. The molecule has 7 heteroatoms. The van der Waals surface area contributed by atoms with Gasteiger partial charge in [0, 0.05) is 57.3 Å². The molecule has 2 aromatic rings. The number of nitrogens with zero attached hydrogens (tertiary/aromatic N) is 5. The Morgan fingerprint density at radius 2 is 2.00 bits per heavy atom. The van der Waals surface area contributed by atoms with Crippen molar-refractivity contribution in [2.45, 2.75) is 38.8 Å². The predicted molar refractivity (Wildman–Crippen MR) is 90.1 cm³/mol. The summed E-state index contributed by atoms with van der Waals surface area (Å²) in [6.45, 7) is 7.10.